The summed E-state index contributed by atoms with van der Waals surface area (Å²) in [6, 6.07) is 6.00. The van der Waals surface area contributed by atoms with Crippen LogP contribution in [0.3, 0.4) is 0 Å². The minimum Gasteiger partial charge on any atom is -0.497 e. The lowest BCUT2D eigenvalue weighted by Crippen LogP contribution is -2.38. The maximum absolute atomic E-state index is 5.90. The first kappa shape index (κ1) is 13.2. The number of hydrogen-bond acceptors (Lipinski definition) is 3. The van der Waals surface area contributed by atoms with E-state index in [4.69, 9.17) is 10.5 Å². The molecule has 1 saturated heterocycles. The Morgan fingerprint density at radius 1 is 1.22 bits per heavy atom. The smallest absolute Gasteiger partial charge is 0.121 e. The first-order valence-electron chi connectivity index (χ1n) is 6.72. The predicted octanol–water partition coefficient (Wildman–Crippen LogP) is 2.76. The van der Waals surface area contributed by atoms with Gasteiger partial charge in [0.15, 0.2) is 0 Å². The van der Waals surface area contributed by atoms with E-state index in [2.05, 4.69) is 24.8 Å². The van der Waals surface area contributed by atoms with Crippen molar-refractivity contribution in [2.75, 3.05) is 25.9 Å². The van der Waals surface area contributed by atoms with Crippen LogP contribution in [0.15, 0.2) is 18.2 Å². The lowest BCUT2D eigenvalue weighted by molar-refractivity contribution is 0.134. The fourth-order valence-electron chi connectivity index (χ4n) is 3.07. The summed E-state index contributed by atoms with van der Waals surface area (Å²) in [4.78, 5) is 2.52. The maximum atomic E-state index is 5.90. The molecule has 100 valence electrons. The number of benzene rings is 1. The Morgan fingerprint density at radius 3 is 2.50 bits per heavy atom. The Kier molecular flexibility index (Phi) is 4.12. The predicted molar refractivity (Wildman–Crippen MR) is 75.6 cm³/mol. The topological polar surface area (TPSA) is 38.5 Å². The summed E-state index contributed by atoms with van der Waals surface area (Å²) in [5, 5.41) is 0. The van der Waals surface area contributed by atoms with Crippen molar-refractivity contribution in [3.05, 3.63) is 23.8 Å². The molecule has 0 aliphatic carbocycles. The normalized spacial score (nSPS) is 25.1. The number of hydrogen-bond donors (Lipinski definition) is 1. The Labute approximate surface area is 110 Å². The van der Waals surface area contributed by atoms with Gasteiger partial charge in [0.1, 0.15) is 5.75 Å². The molecule has 1 aliphatic rings. The number of likely N-dealkylation sites (tertiary alicyclic amines) is 1. The van der Waals surface area contributed by atoms with Gasteiger partial charge in [-0.2, -0.15) is 0 Å². The van der Waals surface area contributed by atoms with Crippen molar-refractivity contribution in [1.29, 1.82) is 0 Å². The molecular formula is C15H24N2O. The van der Waals surface area contributed by atoms with Gasteiger partial charge in [0, 0.05) is 31.4 Å². The number of ether oxygens (including phenoxy) is 1. The summed E-state index contributed by atoms with van der Waals surface area (Å²) >= 11 is 0. The van der Waals surface area contributed by atoms with Gasteiger partial charge in [0.25, 0.3) is 0 Å². The standard InChI is InChI=1S/C15H24N2O/c1-11-4-12(2)9-17(8-11)10-13-5-14(16)7-15(6-13)18-3/h5-7,11-12H,4,8-10,16H2,1-3H3. The SMILES string of the molecule is COc1cc(N)cc(CN2CC(C)CC(C)C2)c1. The van der Waals surface area contributed by atoms with Crippen molar-refractivity contribution in [3.63, 3.8) is 0 Å². The van der Waals surface area contributed by atoms with E-state index in [0.717, 1.165) is 29.8 Å². The quantitative estimate of drug-likeness (QED) is 0.836. The Balaban J connectivity index is 2.06. The molecule has 0 radical (unpaired) electrons. The number of methoxy groups -OCH3 is 1. The van der Waals surface area contributed by atoms with Gasteiger partial charge in [-0.15, -0.1) is 0 Å². The van der Waals surface area contributed by atoms with Crippen LogP contribution in [-0.2, 0) is 6.54 Å². The van der Waals surface area contributed by atoms with Crippen molar-refractivity contribution >= 4 is 5.69 Å². The maximum Gasteiger partial charge on any atom is 0.121 e. The van der Waals surface area contributed by atoms with E-state index in [9.17, 15) is 0 Å². The molecule has 3 heteroatoms. The lowest BCUT2D eigenvalue weighted by Gasteiger charge is -2.35. The average molecular weight is 248 g/mol. The van der Waals surface area contributed by atoms with Gasteiger partial charge in [-0.05, 0) is 36.0 Å². The zero-order valence-electron chi connectivity index (χ0n) is 11.6. The highest BCUT2D eigenvalue weighted by Gasteiger charge is 2.21. The number of anilines is 1. The first-order valence-corrected chi connectivity index (χ1v) is 6.72. The van der Waals surface area contributed by atoms with Gasteiger partial charge in [-0.3, -0.25) is 4.90 Å². The summed E-state index contributed by atoms with van der Waals surface area (Å²) in [5.74, 6) is 2.43. The van der Waals surface area contributed by atoms with Crippen LogP contribution in [0, 0.1) is 11.8 Å². The Hall–Kier alpha value is -1.22. The molecule has 18 heavy (non-hydrogen) atoms. The largest absolute Gasteiger partial charge is 0.497 e. The lowest BCUT2D eigenvalue weighted by atomic mass is 9.91. The van der Waals surface area contributed by atoms with Crippen LogP contribution in [0.4, 0.5) is 5.69 Å². The molecule has 1 aliphatic heterocycles. The molecule has 2 unspecified atom stereocenters. The molecule has 0 bridgehead atoms. The second-order valence-corrected chi connectivity index (χ2v) is 5.75. The van der Waals surface area contributed by atoms with Crippen molar-refractivity contribution in [2.45, 2.75) is 26.8 Å². The second-order valence-electron chi connectivity index (χ2n) is 5.75. The monoisotopic (exact) mass is 248 g/mol. The summed E-state index contributed by atoms with van der Waals surface area (Å²) in [6.07, 6.45) is 1.34. The van der Waals surface area contributed by atoms with Gasteiger partial charge < -0.3 is 10.5 Å². The van der Waals surface area contributed by atoms with Crippen molar-refractivity contribution in [1.82, 2.24) is 4.90 Å². The third-order valence-corrected chi connectivity index (χ3v) is 3.58. The molecule has 0 saturated carbocycles. The fourth-order valence-corrected chi connectivity index (χ4v) is 3.07. The molecule has 2 atom stereocenters. The number of rotatable bonds is 3. The van der Waals surface area contributed by atoms with Crippen LogP contribution in [0.1, 0.15) is 25.8 Å². The molecule has 2 N–H and O–H groups in total. The van der Waals surface area contributed by atoms with Crippen molar-refractivity contribution < 1.29 is 4.74 Å². The molecule has 0 spiro atoms. The van der Waals surface area contributed by atoms with E-state index in [1.54, 1.807) is 7.11 Å². The van der Waals surface area contributed by atoms with Gasteiger partial charge >= 0.3 is 0 Å². The van der Waals surface area contributed by atoms with E-state index < -0.39 is 0 Å². The Bertz CT molecular complexity index is 395. The Morgan fingerprint density at radius 2 is 1.89 bits per heavy atom. The van der Waals surface area contributed by atoms with E-state index in [1.165, 1.54) is 25.1 Å². The first-order chi connectivity index (χ1) is 8.56. The van der Waals surface area contributed by atoms with Gasteiger partial charge in [-0.1, -0.05) is 13.8 Å². The molecule has 1 fully saturated rings. The highest BCUT2D eigenvalue weighted by molar-refractivity contribution is 5.47. The summed E-state index contributed by atoms with van der Waals surface area (Å²) in [7, 11) is 1.68. The fraction of sp³-hybridized carbons (Fsp3) is 0.600. The van der Waals surface area contributed by atoms with Crippen molar-refractivity contribution in [2.24, 2.45) is 11.8 Å². The van der Waals surface area contributed by atoms with Crippen LogP contribution < -0.4 is 10.5 Å². The van der Waals surface area contributed by atoms with Crippen LogP contribution >= 0.6 is 0 Å². The van der Waals surface area contributed by atoms with E-state index in [1.807, 2.05) is 12.1 Å². The summed E-state index contributed by atoms with van der Waals surface area (Å²) in [6.45, 7) is 8.00. The van der Waals surface area contributed by atoms with Gasteiger partial charge in [-0.25, -0.2) is 0 Å². The number of nitrogens with zero attached hydrogens (tertiary/aromatic N) is 1. The zero-order valence-corrected chi connectivity index (χ0v) is 11.6. The van der Waals surface area contributed by atoms with Crippen LogP contribution in [-0.4, -0.2) is 25.1 Å². The van der Waals surface area contributed by atoms with Crippen LogP contribution in [0.25, 0.3) is 0 Å². The third-order valence-electron chi connectivity index (χ3n) is 3.58. The van der Waals surface area contributed by atoms with Crippen LogP contribution in [0.2, 0.25) is 0 Å². The molecule has 1 heterocycles. The molecule has 0 amide bonds. The van der Waals surface area contributed by atoms with E-state index >= 15 is 0 Å². The molecule has 3 nitrogen and oxygen atoms in total. The molecule has 1 aromatic carbocycles. The average Bonchev–Trinajstić information content (AvgIpc) is 2.26. The summed E-state index contributed by atoms with van der Waals surface area (Å²) < 4.78 is 5.27. The van der Waals surface area contributed by atoms with Gasteiger partial charge in [0.05, 0.1) is 7.11 Å². The number of piperidine rings is 1. The van der Waals surface area contributed by atoms with Gasteiger partial charge in [0.2, 0.25) is 0 Å². The molecule has 2 rings (SSSR count). The number of nitrogen functional groups attached to an aromatic ring is 1. The molecular weight excluding hydrogens is 224 g/mol. The second kappa shape index (κ2) is 5.61. The van der Waals surface area contributed by atoms with Crippen molar-refractivity contribution in [3.8, 4) is 5.75 Å². The van der Waals surface area contributed by atoms with E-state index in [0.29, 0.717) is 0 Å². The van der Waals surface area contributed by atoms with E-state index in [-0.39, 0.29) is 0 Å². The number of nitrogens with two attached hydrogens (primary N) is 1. The third kappa shape index (κ3) is 3.39. The highest BCUT2D eigenvalue weighted by atomic mass is 16.5. The molecule has 1 aromatic rings. The highest BCUT2D eigenvalue weighted by Crippen LogP contribution is 2.24. The minimum absolute atomic E-state index is 0.780. The zero-order chi connectivity index (χ0) is 13.1. The minimum atomic E-state index is 0.780. The van der Waals surface area contributed by atoms with Crippen LogP contribution in [0.5, 0.6) is 5.75 Å². The summed E-state index contributed by atoms with van der Waals surface area (Å²) in [5.41, 5.74) is 7.92. The molecule has 0 aromatic heterocycles.